The zero-order valence-corrected chi connectivity index (χ0v) is 6.62. The fraction of sp³-hybridized carbons (Fsp3) is 0.714. The number of β-lactam (4-membered cyclic amide) rings is 1. The molecule has 0 aromatic heterocycles. The van der Waals surface area contributed by atoms with Crippen LogP contribution >= 0.6 is 0 Å². The Kier molecular flexibility index (Phi) is 2.65. The molecular formula is C7H12N2O3. The minimum Gasteiger partial charge on any atom is -0.480 e. The van der Waals surface area contributed by atoms with Gasteiger partial charge in [0, 0.05) is 0 Å². The van der Waals surface area contributed by atoms with E-state index in [9.17, 15) is 9.59 Å². The summed E-state index contributed by atoms with van der Waals surface area (Å²) in [4.78, 5) is 21.3. The molecule has 0 aliphatic carbocycles. The van der Waals surface area contributed by atoms with E-state index >= 15 is 0 Å². The third-order valence-corrected chi connectivity index (χ3v) is 2.02. The van der Waals surface area contributed by atoms with Gasteiger partial charge in [-0.05, 0) is 19.4 Å². The number of nitrogens with two attached hydrogens (primary N) is 1. The normalized spacial score (nSPS) is 27.6. The van der Waals surface area contributed by atoms with Crippen molar-refractivity contribution in [1.82, 2.24) is 5.32 Å². The number of carboxylic acids is 1. The van der Waals surface area contributed by atoms with Crippen LogP contribution in [0, 0.1) is 5.92 Å². The molecule has 0 radical (unpaired) electrons. The van der Waals surface area contributed by atoms with E-state index in [-0.39, 0.29) is 11.8 Å². The number of carbonyl (C=O) groups is 2. The molecule has 0 bridgehead atoms. The minimum atomic E-state index is -0.961. The second-order valence-corrected chi connectivity index (χ2v) is 2.86. The summed E-state index contributed by atoms with van der Waals surface area (Å²) in [6.07, 6.45) is 1.27. The van der Waals surface area contributed by atoms with Gasteiger partial charge in [-0.3, -0.25) is 4.79 Å². The van der Waals surface area contributed by atoms with E-state index in [1.54, 1.807) is 0 Å². The molecular weight excluding hydrogens is 160 g/mol. The zero-order chi connectivity index (χ0) is 9.14. The van der Waals surface area contributed by atoms with Gasteiger partial charge in [-0.15, -0.1) is 0 Å². The van der Waals surface area contributed by atoms with Gasteiger partial charge >= 0.3 is 5.97 Å². The molecule has 1 fully saturated rings. The Bertz CT molecular complexity index is 205. The Hall–Kier alpha value is -1.10. The van der Waals surface area contributed by atoms with Crippen molar-refractivity contribution in [2.45, 2.75) is 18.9 Å². The SMILES string of the molecule is NCCC[C@H]1C(=O)N[C@@H]1C(=O)O. The van der Waals surface area contributed by atoms with E-state index in [1.807, 2.05) is 0 Å². The molecule has 5 nitrogen and oxygen atoms in total. The lowest BCUT2D eigenvalue weighted by Crippen LogP contribution is -2.61. The maximum atomic E-state index is 10.8. The van der Waals surface area contributed by atoms with Crippen molar-refractivity contribution in [2.24, 2.45) is 11.7 Å². The van der Waals surface area contributed by atoms with Crippen molar-refractivity contribution in [1.29, 1.82) is 0 Å². The molecule has 4 N–H and O–H groups in total. The van der Waals surface area contributed by atoms with Gasteiger partial charge in [0.05, 0.1) is 5.92 Å². The molecule has 0 aromatic rings. The van der Waals surface area contributed by atoms with Crippen LogP contribution in [0.15, 0.2) is 0 Å². The first kappa shape index (κ1) is 8.99. The number of amides is 1. The highest BCUT2D eigenvalue weighted by Crippen LogP contribution is 2.20. The Morgan fingerprint density at radius 3 is 2.75 bits per heavy atom. The van der Waals surface area contributed by atoms with Crippen molar-refractivity contribution < 1.29 is 14.7 Å². The van der Waals surface area contributed by atoms with Gasteiger partial charge in [0.1, 0.15) is 6.04 Å². The van der Waals surface area contributed by atoms with Gasteiger partial charge in [0.15, 0.2) is 0 Å². The van der Waals surface area contributed by atoms with Crippen LogP contribution in [0.1, 0.15) is 12.8 Å². The number of hydrogen-bond donors (Lipinski definition) is 3. The number of carbonyl (C=O) groups excluding carboxylic acids is 1. The Morgan fingerprint density at radius 1 is 1.67 bits per heavy atom. The summed E-state index contributed by atoms with van der Waals surface area (Å²) in [6.45, 7) is 0.496. The molecule has 5 heteroatoms. The quantitative estimate of drug-likeness (QED) is 0.470. The van der Waals surface area contributed by atoms with E-state index < -0.39 is 12.0 Å². The second kappa shape index (κ2) is 3.53. The highest BCUT2D eigenvalue weighted by atomic mass is 16.4. The summed E-state index contributed by atoms with van der Waals surface area (Å²) < 4.78 is 0. The van der Waals surface area contributed by atoms with E-state index in [0.717, 1.165) is 0 Å². The Balaban J connectivity index is 2.39. The largest absolute Gasteiger partial charge is 0.480 e. The predicted octanol–water partition coefficient (Wildman–Crippen LogP) is -1.08. The number of rotatable bonds is 4. The van der Waals surface area contributed by atoms with Crippen molar-refractivity contribution in [2.75, 3.05) is 6.54 Å². The van der Waals surface area contributed by atoms with Crippen LogP contribution < -0.4 is 11.1 Å². The first-order valence-electron chi connectivity index (χ1n) is 3.90. The van der Waals surface area contributed by atoms with E-state index in [4.69, 9.17) is 10.8 Å². The highest BCUT2D eigenvalue weighted by molar-refractivity contribution is 5.96. The summed E-state index contributed by atoms with van der Waals surface area (Å²) in [7, 11) is 0. The van der Waals surface area contributed by atoms with E-state index in [2.05, 4.69) is 5.32 Å². The molecule has 68 valence electrons. The van der Waals surface area contributed by atoms with Crippen LogP contribution in [0.5, 0.6) is 0 Å². The molecule has 0 unspecified atom stereocenters. The van der Waals surface area contributed by atoms with E-state index in [1.165, 1.54) is 0 Å². The van der Waals surface area contributed by atoms with Crippen molar-refractivity contribution in [3.05, 3.63) is 0 Å². The molecule has 1 rings (SSSR count). The number of aliphatic carboxylic acids is 1. The smallest absolute Gasteiger partial charge is 0.327 e. The van der Waals surface area contributed by atoms with Crippen LogP contribution in [-0.4, -0.2) is 29.6 Å². The van der Waals surface area contributed by atoms with Crippen LogP contribution in [-0.2, 0) is 9.59 Å². The summed E-state index contributed by atoms with van der Waals surface area (Å²) >= 11 is 0. The number of hydrogen-bond acceptors (Lipinski definition) is 3. The van der Waals surface area contributed by atoms with Crippen LogP contribution in [0.3, 0.4) is 0 Å². The second-order valence-electron chi connectivity index (χ2n) is 2.86. The lowest BCUT2D eigenvalue weighted by molar-refractivity contribution is -0.153. The average molecular weight is 172 g/mol. The number of carboxylic acid groups (broad SMARTS) is 1. The number of nitrogens with one attached hydrogen (secondary N) is 1. The van der Waals surface area contributed by atoms with Crippen molar-refractivity contribution >= 4 is 11.9 Å². The Morgan fingerprint density at radius 2 is 2.33 bits per heavy atom. The monoisotopic (exact) mass is 172 g/mol. The molecule has 1 aliphatic rings. The lowest BCUT2D eigenvalue weighted by atomic mass is 9.86. The highest BCUT2D eigenvalue weighted by Gasteiger charge is 2.43. The molecule has 1 heterocycles. The third-order valence-electron chi connectivity index (χ3n) is 2.02. The van der Waals surface area contributed by atoms with Crippen LogP contribution in [0.4, 0.5) is 0 Å². The summed E-state index contributed by atoms with van der Waals surface area (Å²) in [5.74, 6) is -1.50. The summed E-state index contributed by atoms with van der Waals surface area (Å²) in [5.41, 5.74) is 5.24. The van der Waals surface area contributed by atoms with Gasteiger partial charge < -0.3 is 16.2 Å². The fourth-order valence-electron chi connectivity index (χ4n) is 1.29. The molecule has 1 saturated heterocycles. The topological polar surface area (TPSA) is 92.4 Å². The molecule has 1 amide bonds. The van der Waals surface area contributed by atoms with Gasteiger partial charge in [0.2, 0.25) is 5.91 Å². The zero-order valence-electron chi connectivity index (χ0n) is 6.62. The lowest BCUT2D eigenvalue weighted by Gasteiger charge is -2.33. The van der Waals surface area contributed by atoms with Gasteiger partial charge in [0.25, 0.3) is 0 Å². The van der Waals surface area contributed by atoms with Gasteiger partial charge in [-0.2, -0.15) is 0 Å². The van der Waals surface area contributed by atoms with Gasteiger partial charge in [-0.25, -0.2) is 4.79 Å². The molecule has 1 aliphatic heterocycles. The summed E-state index contributed by atoms with van der Waals surface area (Å²) in [5, 5.41) is 10.9. The van der Waals surface area contributed by atoms with E-state index in [0.29, 0.717) is 19.4 Å². The fourth-order valence-corrected chi connectivity index (χ4v) is 1.29. The van der Waals surface area contributed by atoms with Crippen LogP contribution in [0.2, 0.25) is 0 Å². The predicted molar refractivity (Wildman–Crippen MR) is 41.3 cm³/mol. The third kappa shape index (κ3) is 1.55. The van der Waals surface area contributed by atoms with Crippen molar-refractivity contribution in [3.63, 3.8) is 0 Å². The first-order valence-corrected chi connectivity index (χ1v) is 3.90. The van der Waals surface area contributed by atoms with Crippen LogP contribution in [0.25, 0.3) is 0 Å². The first-order chi connectivity index (χ1) is 5.66. The Labute approximate surface area is 69.9 Å². The van der Waals surface area contributed by atoms with Crippen molar-refractivity contribution in [3.8, 4) is 0 Å². The standard InChI is InChI=1S/C7H12N2O3/c8-3-1-2-4-5(7(11)12)9-6(4)10/h4-5H,1-3,8H2,(H,9,10)(H,11,12)/t4-,5+/m1/s1. The molecule has 2 atom stereocenters. The minimum absolute atomic E-state index is 0.171. The molecule has 0 saturated carbocycles. The van der Waals surface area contributed by atoms with Gasteiger partial charge in [-0.1, -0.05) is 0 Å². The maximum absolute atomic E-state index is 10.8. The molecule has 0 aromatic carbocycles. The average Bonchev–Trinajstić information content (AvgIpc) is 2.00. The summed E-state index contributed by atoms with van der Waals surface area (Å²) in [6, 6.07) is -0.691. The molecule has 12 heavy (non-hydrogen) atoms. The molecule has 0 spiro atoms. The maximum Gasteiger partial charge on any atom is 0.327 e.